The zero-order valence-corrected chi connectivity index (χ0v) is 39.0. The fourth-order valence-electron chi connectivity index (χ4n) is 11.0. The van der Waals surface area contributed by atoms with E-state index in [0.29, 0.717) is 0 Å². The van der Waals surface area contributed by atoms with E-state index in [-0.39, 0.29) is 10.8 Å². The molecular weight excluding hydrogens is 821 g/mol. The molecule has 0 radical (unpaired) electrons. The molecule has 0 saturated heterocycles. The topological polar surface area (TPSA) is 6.48 Å². The maximum atomic E-state index is 2.41. The van der Waals surface area contributed by atoms with Crippen molar-refractivity contribution in [3.8, 4) is 55.6 Å². The van der Waals surface area contributed by atoms with Gasteiger partial charge in [0, 0.05) is 45.0 Å². The third-order valence-corrected chi connectivity index (χ3v) is 14.7. The SMILES string of the molecule is CC1(C)c2ccccc2-c2ccc(N(c3ccc(-c4ccccc4)cc3)c3ccc(-c4ccc(N(c5ccc(-c6ccccc6)cc5)c5ccc6c(c5)C(C)(C)c5ccccc5-6)cc4)cc3)cc21. The van der Waals surface area contributed by atoms with Crippen LogP contribution in [0.1, 0.15) is 49.9 Å². The summed E-state index contributed by atoms with van der Waals surface area (Å²) in [4.78, 5) is 4.80. The highest BCUT2D eigenvalue weighted by Gasteiger charge is 2.37. The molecule has 0 spiro atoms. The summed E-state index contributed by atoms with van der Waals surface area (Å²) in [5.74, 6) is 0. The van der Waals surface area contributed by atoms with Crippen molar-refractivity contribution in [3.63, 3.8) is 0 Å². The molecular formula is C66H52N2. The molecule has 2 aliphatic carbocycles. The quantitative estimate of drug-likeness (QED) is 0.143. The van der Waals surface area contributed by atoms with Gasteiger partial charge in [-0.3, -0.25) is 0 Å². The first-order valence-electron chi connectivity index (χ1n) is 23.8. The van der Waals surface area contributed by atoms with Crippen LogP contribution in [0.5, 0.6) is 0 Å². The van der Waals surface area contributed by atoms with Crippen LogP contribution >= 0.6 is 0 Å². The van der Waals surface area contributed by atoms with Crippen molar-refractivity contribution in [2.45, 2.75) is 38.5 Å². The maximum Gasteiger partial charge on any atom is 0.0465 e. The molecule has 0 aliphatic heterocycles. The van der Waals surface area contributed by atoms with Crippen molar-refractivity contribution in [2.75, 3.05) is 9.80 Å². The molecule has 0 fully saturated rings. The first-order chi connectivity index (χ1) is 33.2. The van der Waals surface area contributed by atoms with Gasteiger partial charge in [0.2, 0.25) is 0 Å². The molecule has 10 aromatic carbocycles. The molecule has 0 amide bonds. The van der Waals surface area contributed by atoms with Gasteiger partial charge in [0.1, 0.15) is 0 Å². The molecule has 326 valence electrons. The minimum Gasteiger partial charge on any atom is -0.310 e. The zero-order chi connectivity index (χ0) is 46.0. The van der Waals surface area contributed by atoms with E-state index in [1.807, 2.05) is 0 Å². The van der Waals surface area contributed by atoms with Crippen LogP contribution in [0.2, 0.25) is 0 Å². The van der Waals surface area contributed by atoms with Crippen molar-refractivity contribution >= 4 is 34.1 Å². The van der Waals surface area contributed by atoms with E-state index in [2.05, 4.69) is 280 Å². The van der Waals surface area contributed by atoms with Crippen LogP contribution in [0.4, 0.5) is 34.1 Å². The molecule has 0 atom stereocenters. The first kappa shape index (κ1) is 41.2. The largest absolute Gasteiger partial charge is 0.310 e. The summed E-state index contributed by atoms with van der Waals surface area (Å²) in [7, 11) is 0. The predicted molar refractivity (Wildman–Crippen MR) is 287 cm³/mol. The minimum atomic E-state index is -0.106. The molecule has 2 heteroatoms. The Morgan fingerprint density at radius 3 is 0.794 bits per heavy atom. The van der Waals surface area contributed by atoms with Gasteiger partial charge in [-0.2, -0.15) is 0 Å². The summed E-state index contributed by atoms with van der Waals surface area (Å²) in [5.41, 5.74) is 24.5. The Balaban J connectivity index is 0.898. The van der Waals surface area contributed by atoms with Gasteiger partial charge in [-0.05, 0) is 151 Å². The second kappa shape index (κ2) is 16.3. The van der Waals surface area contributed by atoms with Gasteiger partial charge >= 0.3 is 0 Å². The van der Waals surface area contributed by atoms with Crippen LogP contribution in [0, 0.1) is 0 Å². The van der Waals surface area contributed by atoms with Gasteiger partial charge < -0.3 is 9.80 Å². The molecule has 12 rings (SSSR count). The lowest BCUT2D eigenvalue weighted by Gasteiger charge is -2.29. The van der Waals surface area contributed by atoms with Gasteiger partial charge in [0.25, 0.3) is 0 Å². The lowest BCUT2D eigenvalue weighted by Crippen LogP contribution is -2.16. The second-order valence-electron chi connectivity index (χ2n) is 19.4. The summed E-state index contributed by atoms with van der Waals surface area (Å²) < 4.78 is 0. The Hall–Kier alpha value is -8.20. The molecule has 0 saturated carbocycles. The van der Waals surface area contributed by atoms with Crippen molar-refractivity contribution < 1.29 is 0 Å². The monoisotopic (exact) mass is 872 g/mol. The molecule has 0 bridgehead atoms. The highest BCUT2D eigenvalue weighted by molar-refractivity contribution is 5.88. The fraction of sp³-hybridized carbons (Fsp3) is 0.0909. The van der Waals surface area contributed by atoms with Gasteiger partial charge in [-0.25, -0.2) is 0 Å². The van der Waals surface area contributed by atoms with Crippen LogP contribution in [0.3, 0.4) is 0 Å². The van der Waals surface area contributed by atoms with Crippen molar-refractivity contribution in [3.05, 3.63) is 265 Å². The smallest absolute Gasteiger partial charge is 0.0465 e. The number of hydrogen-bond donors (Lipinski definition) is 0. The number of anilines is 6. The third kappa shape index (κ3) is 6.95. The van der Waals surface area contributed by atoms with Gasteiger partial charge in [-0.15, -0.1) is 0 Å². The zero-order valence-electron chi connectivity index (χ0n) is 39.0. The standard InChI is InChI=1S/C66H52N2/c1-65(2)61-21-13-11-19-57(61)59-41-39-55(43-63(59)65)67(51-31-23-47(24-32-51)45-15-7-5-8-16-45)53-35-27-49(28-36-53)50-29-37-54(38-30-50)68(52-33-25-48(26-34-52)46-17-9-6-10-18-46)56-40-42-60-58-20-12-14-22-62(58)66(3,4)64(60)44-56/h5-44H,1-4H3. The van der Waals surface area contributed by atoms with Gasteiger partial charge in [0.15, 0.2) is 0 Å². The fourth-order valence-corrected chi connectivity index (χ4v) is 11.0. The van der Waals surface area contributed by atoms with Gasteiger partial charge in [0.05, 0.1) is 0 Å². The third-order valence-electron chi connectivity index (χ3n) is 14.7. The van der Waals surface area contributed by atoms with Crippen LogP contribution in [0.25, 0.3) is 55.6 Å². The van der Waals surface area contributed by atoms with Crippen LogP contribution < -0.4 is 9.80 Å². The normalized spacial score (nSPS) is 13.5. The summed E-state index contributed by atoms with van der Waals surface area (Å²) in [6.45, 7) is 9.42. The van der Waals surface area contributed by atoms with Crippen molar-refractivity contribution in [2.24, 2.45) is 0 Å². The molecule has 2 aliphatic rings. The average molecular weight is 873 g/mol. The summed E-state index contributed by atoms with van der Waals surface area (Å²) in [5, 5.41) is 0. The molecule has 68 heavy (non-hydrogen) atoms. The van der Waals surface area contributed by atoms with E-state index in [0.717, 1.165) is 34.1 Å². The Bertz CT molecular complexity index is 3220. The van der Waals surface area contributed by atoms with E-state index in [9.17, 15) is 0 Å². The Morgan fingerprint density at radius 1 is 0.221 bits per heavy atom. The van der Waals surface area contributed by atoms with E-state index >= 15 is 0 Å². The molecule has 0 N–H and O–H groups in total. The van der Waals surface area contributed by atoms with E-state index in [1.165, 1.54) is 77.9 Å². The van der Waals surface area contributed by atoms with Crippen LogP contribution in [-0.4, -0.2) is 0 Å². The van der Waals surface area contributed by atoms with Gasteiger partial charge in [-0.1, -0.05) is 198 Å². The lowest BCUT2D eigenvalue weighted by atomic mass is 9.82. The highest BCUT2D eigenvalue weighted by Crippen LogP contribution is 2.52. The predicted octanol–water partition coefficient (Wildman–Crippen LogP) is 18.2. The minimum absolute atomic E-state index is 0.106. The Morgan fingerprint density at radius 2 is 0.471 bits per heavy atom. The summed E-state index contributed by atoms with van der Waals surface area (Å²) in [6.07, 6.45) is 0. The number of hydrogen-bond acceptors (Lipinski definition) is 2. The van der Waals surface area contributed by atoms with Crippen LogP contribution in [-0.2, 0) is 10.8 Å². The second-order valence-corrected chi connectivity index (χ2v) is 19.4. The molecule has 10 aromatic rings. The molecule has 0 unspecified atom stereocenters. The maximum absolute atomic E-state index is 2.41. The van der Waals surface area contributed by atoms with E-state index in [1.54, 1.807) is 0 Å². The average Bonchev–Trinajstić information content (AvgIpc) is 3.76. The van der Waals surface area contributed by atoms with Crippen LogP contribution in [0.15, 0.2) is 243 Å². The number of nitrogens with zero attached hydrogens (tertiary/aromatic N) is 2. The Kier molecular flexibility index (Phi) is 9.88. The van der Waals surface area contributed by atoms with Crippen molar-refractivity contribution in [1.29, 1.82) is 0 Å². The first-order valence-corrected chi connectivity index (χ1v) is 23.8. The lowest BCUT2D eigenvalue weighted by molar-refractivity contribution is 0.660. The molecule has 0 heterocycles. The van der Waals surface area contributed by atoms with E-state index < -0.39 is 0 Å². The Labute approximate surface area is 401 Å². The summed E-state index contributed by atoms with van der Waals surface area (Å²) >= 11 is 0. The number of rotatable bonds is 9. The van der Waals surface area contributed by atoms with Crippen molar-refractivity contribution in [1.82, 2.24) is 0 Å². The molecule has 0 aromatic heterocycles. The highest BCUT2D eigenvalue weighted by atomic mass is 15.1. The number of fused-ring (bicyclic) bond motifs is 6. The summed E-state index contributed by atoms with van der Waals surface area (Å²) in [6, 6.07) is 89.1. The molecule has 2 nitrogen and oxygen atoms in total. The van der Waals surface area contributed by atoms with E-state index in [4.69, 9.17) is 0 Å². The number of benzene rings is 10.